The summed E-state index contributed by atoms with van der Waals surface area (Å²) in [6.45, 7) is 2.75. The summed E-state index contributed by atoms with van der Waals surface area (Å²) in [4.78, 5) is 16.3. The monoisotopic (exact) mass is 387 g/mol. The second-order valence-electron chi connectivity index (χ2n) is 4.80. The first kappa shape index (κ1) is 15.0. The van der Waals surface area contributed by atoms with Crippen molar-refractivity contribution < 1.29 is 0 Å². The van der Waals surface area contributed by atoms with Crippen LogP contribution in [0.5, 0.6) is 0 Å². The molecule has 0 aliphatic carbocycles. The SMILES string of the molecule is Clc1nc(NCCc2ccc(Br)s2)nc(N2CCCC2)n1. The van der Waals surface area contributed by atoms with E-state index in [0.717, 1.165) is 29.8 Å². The Labute approximate surface area is 140 Å². The van der Waals surface area contributed by atoms with Crippen molar-refractivity contribution in [3.63, 3.8) is 0 Å². The molecule has 1 aliphatic rings. The molecular weight excluding hydrogens is 374 g/mol. The highest BCUT2D eigenvalue weighted by Gasteiger charge is 2.16. The van der Waals surface area contributed by atoms with E-state index in [-0.39, 0.29) is 5.28 Å². The molecule has 0 unspecified atom stereocenters. The Hall–Kier alpha value is -0.920. The Morgan fingerprint density at radius 2 is 2.05 bits per heavy atom. The molecule has 8 heteroatoms. The lowest BCUT2D eigenvalue weighted by atomic mass is 10.3. The van der Waals surface area contributed by atoms with Crippen LogP contribution >= 0.6 is 38.9 Å². The molecule has 1 aliphatic heterocycles. The van der Waals surface area contributed by atoms with E-state index in [1.54, 1.807) is 11.3 Å². The van der Waals surface area contributed by atoms with Gasteiger partial charge in [-0.15, -0.1) is 11.3 Å². The number of hydrogen-bond acceptors (Lipinski definition) is 6. The lowest BCUT2D eigenvalue weighted by Gasteiger charge is -2.15. The predicted molar refractivity (Wildman–Crippen MR) is 90.5 cm³/mol. The third-order valence-electron chi connectivity index (χ3n) is 3.27. The highest BCUT2D eigenvalue weighted by atomic mass is 79.9. The van der Waals surface area contributed by atoms with E-state index in [4.69, 9.17) is 11.6 Å². The van der Waals surface area contributed by atoms with Gasteiger partial charge in [0.25, 0.3) is 0 Å². The quantitative estimate of drug-likeness (QED) is 0.848. The van der Waals surface area contributed by atoms with Crippen molar-refractivity contribution in [1.29, 1.82) is 0 Å². The first-order valence-corrected chi connectivity index (χ1v) is 8.84. The van der Waals surface area contributed by atoms with E-state index in [1.165, 1.54) is 17.7 Å². The molecule has 0 bridgehead atoms. The minimum atomic E-state index is 0.244. The van der Waals surface area contributed by atoms with Crippen molar-refractivity contribution in [3.8, 4) is 0 Å². The van der Waals surface area contributed by atoms with E-state index in [9.17, 15) is 0 Å². The van der Waals surface area contributed by atoms with E-state index in [1.807, 2.05) is 0 Å². The molecule has 0 amide bonds. The normalized spacial score (nSPS) is 14.7. The van der Waals surface area contributed by atoms with Crippen molar-refractivity contribution in [2.45, 2.75) is 19.3 Å². The molecule has 5 nitrogen and oxygen atoms in total. The van der Waals surface area contributed by atoms with Gasteiger partial charge in [0.05, 0.1) is 3.79 Å². The molecule has 21 heavy (non-hydrogen) atoms. The van der Waals surface area contributed by atoms with Crippen LogP contribution in [0.15, 0.2) is 15.9 Å². The molecule has 1 fully saturated rings. The summed E-state index contributed by atoms with van der Waals surface area (Å²) < 4.78 is 1.15. The average molecular weight is 389 g/mol. The van der Waals surface area contributed by atoms with E-state index in [2.05, 4.69) is 53.2 Å². The maximum atomic E-state index is 5.99. The second-order valence-corrected chi connectivity index (χ2v) is 7.69. The number of halogens is 2. The van der Waals surface area contributed by atoms with E-state index in [0.29, 0.717) is 11.9 Å². The van der Waals surface area contributed by atoms with Gasteiger partial charge in [-0.1, -0.05) is 0 Å². The van der Waals surface area contributed by atoms with Crippen LogP contribution in [0.1, 0.15) is 17.7 Å². The first-order valence-electron chi connectivity index (χ1n) is 6.85. The number of nitrogens with zero attached hydrogens (tertiary/aromatic N) is 4. The van der Waals surface area contributed by atoms with Gasteiger partial charge in [0.1, 0.15) is 0 Å². The third kappa shape index (κ3) is 4.05. The third-order valence-corrected chi connectivity index (χ3v) is 5.12. The molecule has 0 atom stereocenters. The average Bonchev–Trinajstić information content (AvgIpc) is 3.10. The molecule has 2 aromatic heterocycles. The summed E-state index contributed by atoms with van der Waals surface area (Å²) in [5.41, 5.74) is 0. The van der Waals surface area contributed by atoms with Crippen molar-refractivity contribution in [2.75, 3.05) is 29.9 Å². The maximum absolute atomic E-state index is 5.99. The standard InChI is InChI=1S/C13H15BrClN5S/c14-10-4-3-9(21-10)5-6-16-12-17-11(15)18-13(19-12)20-7-1-2-8-20/h3-4H,1-2,5-8H2,(H,16,17,18,19). The van der Waals surface area contributed by atoms with Crippen LogP contribution in [0, 0.1) is 0 Å². The van der Waals surface area contributed by atoms with Gasteiger partial charge in [-0.2, -0.15) is 15.0 Å². The molecule has 0 aromatic carbocycles. The van der Waals surface area contributed by atoms with Crippen LogP contribution in [-0.4, -0.2) is 34.6 Å². The number of aromatic nitrogens is 3. The fourth-order valence-corrected chi connectivity index (χ4v) is 3.90. The fourth-order valence-electron chi connectivity index (χ4n) is 2.26. The summed E-state index contributed by atoms with van der Waals surface area (Å²) in [5.74, 6) is 1.22. The van der Waals surface area contributed by atoms with Gasteiger partial charge >= 0.3 is 0 Å². The van der Waals surface area contributed by atoms with Crippen LogP contribution in [0.25, 0.3) is 0 Å². The number of anilines is 2. The zero-order valence-corrected chi connectivity index (χ0v) is 14.5. The van der Waals surface area contributed by atoms with Crippen LogP contribution < -0.4 is 10.2 Å². The second kappa shape index (κ2) is 6.89. The molecular formula is C13H15BrClN5S. The Kier molecular flexibility index (Phi) is 4.92. The first-order chi connectivity index (χ1) is 10.2. The summed E-state index contributed by atoms with van der Waals surface area (Å²) in [6, 6.07) is 4.18. The van der Waals surface area contributed by atoms with Gasteiger partial charge in [0.2, 0.25) is 17.2 Å². The summed E-state index contributed by atoms with van der Waals surface area (Å²) >= 11 is 11.2. The smallest absolute Gasteiger partial charge is 0.231 e. The molecule has 1 N–H and O–H groups in total. The minimum Gasteiger partial charge on any atom is -0.354 e. The Balaban J connectivity index is 1.61. The number of hydrogen-bond donors (Lipinski definition) is 1. The lowest BCUT2D eigenvalue weighted by Crippen LogP contribution is -2.21. The van der Waals surface area contributed by atoms with Crippen LogP contribution in [-0.2, 0) is 6.42 Å². The Bertz CT molecular complexity index is 614. The molecule has 0 spiro atoms. The number of rotatable bonds is 5. The molecule has 2 aromatic rings. The van der Waals surface area contributed by atoms with Gasteiger partial charge < -0.3 is 10.2 Å². The maximum Gasteiger partial charge on any atom is 0.231 e. The largest absolute Gasteiger partial charge is 0.354 e. The van der Waals surface area contributed by atoms with Crippen LogP contribution in [0.4, 0.5) is 11.9 Å². The molecule has 3 heterocycles. The highest BCUT2D eigenvalue weighted by molar-refractivity contribution is 9.11. The zero-order valence-electron chi connectivity index (χ0n) is 11.4. The number of thiophene rings is 1. The molecule has 112 valence electrons. The molecule has 0 saturated carbocycles. The lowest BCUT2D eigenvalue weighted by molar-refractivity contribution is 0.874. The van der Waals surface area contributed by atoms with E-state index < -0.39 is 0 Å². The Morgan fingerprint density at radius 3 is 2.76 bits per heavy atom. The zero-order chi connectivity index (χ0) is 14.7. The van der Waals surface area contributed by atoms with Crippen molar-refractivity contribution in [1.82, 2.24) is 15.0 Å². The van der Waals surface area contributed by atoms with E-state index >= 15 is 0 Å². The summed E-state index contributed by atoms with van der Waals surface area (Å²) in [7, 11) is 0. The topological polar surface area (TPSA) is 53.9 Å². The van der Waals surface area contributed by atoms with Gasteiger partial charge in [0.15, 0.2) is 0 Å². The highest BCUT2D eigenvalue weighted by Crippen LogP contribution is 2.22. The predicted octanol–water partition coefficient (Wildman–Crippen LogP) is 3.60. The van der Waals surface area contributed by atoms with Gasteiger partial charge in [-0.3, -0.25) is 0 Å². The van der Waals surface area contributed by atoms with Crippen molar-refractivity contribution in [2.24, 2.45) is 0 Å². The fraction of sp³-hybridized carbons (Fsp3) is 0.462. The summed E-state index contributed by atoms with van der Waals surface area (Å²) in [6.07, 6.45) is 3.29. The van der Waals surface area contributed by atoms with Gasteiger partial charge in [-0.25, -0.2) is 0 Å². The molecule has 3 rings (SSSR count). The molecule has 0 radical (unpaired) electrons. The van der Waals surface area contributed by atoms with Gasteiger partial charge in [0, 0.05) is 24.5 Å². The minimum absolute atomic E-state index is 0.244. The number of nitrogens with one attached hydrogen (secondary N) is 1. The van der Waals surface area contributed by atoms with Crippen molar-refractivity contribution >= 4 is 50.8 Å². The van der Waals surface area contributed by atoms with Crippen LogP contribution in [0.3, 0.4) is 0 Å². The Morgan fingerprint density at radius 1 is 1.24 bits per heavy atom. The molecule has 1 saturated heterocycles. The van der Waals surface area contributed by atoms with Crippen LogP contribution in [0.2, 0.25) is 5.28 Å². The van der Waals surface area contributed by atoms with Crippen molar-refractivity contribution in [3.05, 3.63) is 26.1 Å². The summed E-state index contributed by atoms with van der Waals surface area (Å²) in [5, 5.41) is 3.47. The van der Waals surface area contributed by atoms with Gasteiger partial charge in [-0.05, 0) is 58.9 Å².